The van der Waals surface area contributed by atoms with Crippen LogP contribution in [0.3, 0.4) is 0 Å². The average molecular weight is 523 g/mol. The van der Waals surface area contributed by atoms with Gasteiger partial charge in [0.25, 0.3) is 5.91 Å². The van der Waals surface area contributed by atoms with Crippen molar-refractivity contribution in [3.05, 3.63) is 59.7 Å². The van der Waals surface area contributed by atoms with E-state index in [0.717, 1.165) is 37.0 Å². The zero-order valence-electron chi connectivity index (χ0n) is 23.2. The first-order valence-electron chi connectivity index (χ1n) is 13.7. The predicted octanol–water partition coefficient (Wildman–Crippen LogP) is 4.58. The van der Waals surface area contributed by atoms with Gasteiger partial charge in [0.1, 0.15) is 11.5 Å². The number of fused-ring (bicyclic) bond motifs is 1. The van der Waals surface area contributed by atoms with E-state index in [2.05, 4.69) is 24.5 Å². The maximum atomic E-state index is 13.1. The van der Waals surface area contributed by atoms with E-state index in [0.29, 0.717) is 17.9 Å². The Kier molecular flexibility index (Phi) is 8.66. The lowest BCUT2D eigenvalue weighted by Crippen LogP contribution is -2.58. The SMILES string of the molecule is COc1ccc(CNC(=O)[C@@H](C)[C@H]2CC[C@@]3(C)CC[C@H](NC(=O)c4ccc(OC)cc4)[C@@H](C)[C@@H]3[C@H]2O)cc1. The number of nitrogens with one attached hydrogen (secondary N) is 2. The molecule has 0 heterocycles. The number of carbonyl (C=O) groups excluding carboxylic acids is 2. The first-order chi connectivity index (χ1) is 18.2. The molecule has 7 nitrogen and oxygen atoms in total. The summed E-state index contributed by atoms with van der Waals surface area (Å²) in [4.78, 5) is 26.1. The molecule has 0 aromatic heterocycles. The van der Waals surface area contributed by atoms with Crippen LogP contribution >= 0.6 is 0 Å². The molecule has 0 radical (unpaired) electrons. The van der Waals surface area contributed by atoms with Gasteiger partial charge in [-0.05, 0) is 90.8 Å². The number of aliphatic hydroxyl groups excluding tert-OH is 1. The average Bonchev–Trinajstić information content (AvgIpc) is 2.93. The van der Waals surface area contributed by atoms with Crippen molar-refractivity contribution in [1.82, 2.24) is 10.6 Å². The molecule has 2 fully saturated rings. The minimum Gasteiger partial charge on any atom is -0.497 e. The molecular weight excluding hydrogens is 480 g/mol. The van der Waals surface area contributed by atoms with Crippen LogP contribution < -0.4 is 20.1 Å². The van der Waals surface area contributed by atoms with E-state index < -0.39 is 6.10 Å². The van der Waals surface area contributed by atoms with Crippen LogP contribution in [0.5, 0.6) is 11.5 Å². The summed E-state index contributed by atoms with van der Waals surface area (Å²) in [6, 6.07) is 14.7. The first kappa shape index (κ1) is 28.0. The smallest absolute Gasteiger partial charge is 0.251 e. The Bertz CT molecular complexity index is 1100. The fraction of sp³-hybridized carbons (Fsp3) is 0.548. The van der Waals surface area contributed by atoms with E-state index in [1.165, 1.54) is 0 Å². The molecular formula is C31H42N2O5. The van der Waals surface area contributed by atoms with Crippen LogP contribution in [-0.4, -0.2) is 43.3 Å². The molecule has 3 N–H and O–H groups in total. The molecule has 7 heteroatoms. The Balaban J connectivity index is 1.40. The van der Waals surface area contributed by atoms with Gasteiger partial charge in [0.15, 0.2) is 0 Å². The second kappa shape index (κ2) is 11.8. The predicted molar refractivity (Wildman–Crippen MR) is 147 cm³/mol. The number of benzene rings is 2. The molecule has 2 amide bonds. The van der Waals surface area contributed by atoms with Crippen molar-refractivity contribution in [3.63, 3.8) is 0 Å². The van der Waals surface area contributed by atoms with E-state index in [1.54, 1.807) is 38.5 Å². The van der Waals surface area contributed by atoms with Crippen molar-refractivity contribution < 1.29 is 24.2 Å². The molecule has 38 heavy (non-hydrogen) atoms. The summed E-state index contributed by atoms with van der Waals surface area (Å²) in [6.45, 7) is 6.77. The van der Waals surface area contributed by atoms with E-state index in [1.807, 2.05) is 31.2 Å². The Hall–Kier alpha value is -3.06. The number of hydrogen-bond acceptors (Lipinski definition) is 5. The van der Waals surface area contributed by atoms with E-state index in [-0.39, 0.29) is 46.9 Å². The molecule has 0 spiro atoms. The lowest BCUT2D eigenvalue weighted by atomic mass is 9.51. The van der Waals surface area contributed by atoms with Crippen LogP contribution in [0.2, 0.25) is 0 Å². The zero-order chi connectivity index (χ0) is 27.4. The highest BCUT2D eigenvalue weighted by Crippen LogP contribution is 2.55. The lowest BCUT2D eigenvalue weighted by molar-refractivity contribution is -0.142. The quantitative estimate of drug-likeness (QED) is 0.472. The number of methoxy groups -OCH3 is 2. The molecule has 0 saturated heterocycles. The molecule has 2 saturated carbocycles. The summed E-state index contributed by atoms with van der Waals surface area (Å²) >= 11 is 0. The first-order valence-corrected chi connectivity index (χ1v) is 13.7. The fourth-order valence-electron chi connectivity index (χ4n) is 6.78. The molecule has 2 aliphatic rings. The van der Waals surface area contributed by atoms with Gasteiger partial charge in [0.05, 0.1) is 20.3 Å². The van der Waals surface area contributed by atoms with Gasteiger partial charge in [-0.15, -0.1) is 0 Å². The molecule has 0 aliphatic heterocycles. The molecule has 7 atom stereocenters. The Morgan fingerprint density at radius 2 is 1.58 bits per heavy atom. The largest absolute Gasteiger partial charge is 0.497 e. The highest BCUT2D eigenvalue weighted by atomic mass is 16.5. The van der Waals surface area contributed by atoms with Crippen LogP contribution in [0.15, 0.2) is 48.5 Å². The maximum absolute atomic E-state index is 13.1. The number of hydrogen-bond donors (Lipinski definition) is 3. The topological polar surface area (TPSA) is 96.9 Å². The minimum absolute atomic E-state index is 0.00400. The lowest BCUT2D eigenvalue weighted by Gasteiger charge is -2.56. The second-order valence-electron chi connectivity index (χ2n) is 11.4. The number of ether oxygens (including phenoxy) is 2. The Morgan fingerprint density at radius 3 is 2.18 bits per heavy atom. The van der Waals surface area contributed by atoms with E-state index >= 15 is 0 Å². The van der Waals surface area contributed by atoms with Gasteiger partial charge in [-0.25, -0.2) is 0 Å². The summed E-state index contributed by atoms with van der Waals surface area (Å²) < 4.78 is 10.4. The number of aliphatic hydroxyl groups is 1. The number of amides is 2. The van der Waals surface area contributed by atoms with E-state index in [9.17, 15) is 14.7 Å². The van der Waals surface area contributed by atoms with Gasteiger partial charge in [-0.3, -0.25) is 9.59 Å². The zero-order valence-corrected chi connectivity index (χ0v) is 23.2. The van der Waals surface area contributed by atoms with Crippen molar-refractivity contribution in [2.24, 2.45) is 29.1 Å². The fourth-order valence-corrected chi connectivity index (χ4v) is 6.78. The summed E-state index contributed by atoms with van der Waals surface area (Å²) in [6.07, 6.45) is 3.01. The number of carbonyl (C=O) groups is 2. The van der Waals surface area contributed by atoms with Crippen molar-refractivity contribution in [2.45, 2.75) is 65.1 Å². The maximum Gasteiger partial charge on any atom is 0.251 e. The third-order valence-electron chi connectivity index (χ3n) is 9.24. The third kappa shape index (κ3) is 5.83. The standard InChI is InChI=1S/C31H42N2O5/c1-19(29(35)32-18-21-6-10-23(37-4)11-7-21)25-14-16-31(3)17-15-26(20(2)27(31)28(25)34)33-30(36)22-8-12-24(38-5)13-9-22/h6-13,19-20,25-28,34H,14-18H2,1-5H3,(H,32,35)(H,33,36)/t19-,20+,25+,26-,27+,28-,31-/m0/s1. The summed E-state index contributed by atoms with van der Waals surface area (Å²) in [7, 11) is 3.23. The molecule has 2 aromatic rings. The van der Waals surface area contributed by atoms with Crippen molar-refractivity contribution in [1.29, 1.82) is 0 Å². The molecule has 4 rings (SSSR count). The monoisotopic (exact) mass is 522 g/mol. The highest BCUT2D eigenvalue weighted by Gasteiger charge is 2.53. The second-order valence-corrected chi connectivity index (χ2v) is 11.4. The van der Waals surface area contributed by atoms with Crippen LogP contribution in [0.4, 0.5) is 0 Å². The van der Waals surface area contributed by atoms with Gasteiger partial charge in [-0.2, -0.15) is 0 Å². The van der Waals surface area contributed by atoms with Crippen molar-refractivity contribution >= 4 is 11.8 Å². The molecule has 206 valence electrons. The van der Waals surface area contributed by atoms with E-state index in [4.69, 9.17) is 9.47 Å². The molecule has 0 bridgehead atoms. The van der Waals surface area contributed by atoms with Gasteiger partial charge in [0.2, 0.25) is 5.91 Å². The Labute approximate surface area is 226 Å². The van der Waals surface area contributed by atoms with Crippen molar-refractivity contribution in [3.8, 4) is 11.5 Å². The van der Waals surface area contributed by atoms with Crippen molar-refractivity contribution in [2.75, 3.05) is 14.2 Å². The van der Waals surface area contributed by atoms with Crippen LogP contribution in [0.25, 0.3) is 0 Å². The Morgan fingerprint density at radius 1 is 1.00 bits per heavy atom. The van der Waals surface area contributed by atoms with Gasteiger partial charge in [-0.1, -0.05) is 32.9 Å². The van der Waals surface area contributed by atoms with Crippen LogP contribution in [-0.2, 0) is 11.3 Å². The molecule has 2 aliphatic carbocycles. The third-order valence-corrected chi connectivity index (χ3v) is 9.24. The van der Waals surface area contributed by atoms with Gasteiger partial charge in [0, 0.05) is 24.1 Å². The van der Waals surface area contributed by atoms with Crippen LogP contribution in [0.1, 0.15) is 62.4 Å². The molecule has 2 aromatic carbocycles. The number of rotatable bonds is 8. The molecule has 0 unspecified atom stereocenters. The summed E-state index contributed by atoms with van der Waals surface area (Å²) in [5, 5.41) is 17.9. The van der Waals surface area contributed by atoms with Crippen LogP contribution in [0, 0.1) is 29.1 Å². The van der Waals surface area contributed by atoms with Gasteiger partial charge >= 0.3 is 0 Å². The van der Waals surface area contributed by atoms with Gasteiger partial charge < -0.3 is 25.2 Å². The minimum atomic E-state index is -0.605. The normalized spacial score (nSPS) is 29.5. The summed E-state index contributed by atoms with van der Waals surface area (Å²) in [5.74, 6) is 0.999. The highest BCUT2D eigenvalue weighted by molar-refractivity contribution is 5.94. The summed E-state index contributed by atoms with van der Waals surface area (Å²) in [5.41, 5.74) is 1.59.